The Balaban J connectivity index is 2.73. The maximum Gasteiger partial charge on any atom is 0.322 e. The van der Waals surface area contributed by atoms with E-state index in [0.717, 1.165) is 0 Å². The molecule has 0 radical (unpaired) electrons. The third-order valence-electron chi connectivity index (χ3n) is 2.95. The normalized spacial score (nSPS) is 31.9. The number of aliphatic carboxylic acids is 1. The van der Waals surface area contributed by atoms with Gasteiger partial charge in [-0.1, -0.05) is 0 Å². The molecule has 1 aliphatic rings. The van der Waals surface area contributed by atoms with Gasteiger partial charge in [0.25, 0.3) is 0 Å². The number of thioether (sulfide) groups is 1. The summed E-state index contributed by atoms with van der Waals surface area (Å²) in [4.78, 5) is 11.0. The molecule has 0 saturated carbocycles. The first-order chi connectivity index (χ1) is 8.20. The molecule has 0 amide bonds. The lowest BCUT2D eigenvalue weighted by atomic mass is 10.0. The quantitative estimate of drug-likeness (QED) is 0.340. The van der Waals surface area contributed by atoms with Gasteiger partial charge >= 0.3 is 5.97 Å². The molecule has 0 bridgehead atoms. The molecule has 0 aliphatic carbocycles. The molecular weight excluding hydrogens is 262 g/mol. The van der Waals surface area contributed by atoms with Crippen molar-refractivity contribution in [2.45, 2.75) is 48.3 Å². The van der Waals surface area contributed by atoms with Crippen molar-refractivity contribution in [3.8, 4) is 0 Å². The summed E-state index contributed by atoms with van der Waals surface area (Å²) in [5.41, 5.74) is 0. The fourth-order valence-electron chi connectivity index (χ4n) is 1.85. The molecule has 1 fully saturated rings. The Morgan fingerprint density at radius 2 is 1.94 bits per heavy atom. The first-order valence-electron chi connectivity index (χ1n) is 5.52. The topological polar surface area (TPSA) is 130 Å². The number of rotatable bonds is 5. The van der Waals surface area contributed by atoms with Crippen LogP contribution in [0, 0.1) is 0 Å². The highest BCUT2D eigenvalue weighted by Crippen LogP contribution is 2.39. The molecule has 0 aromatic rings. The van der Waals surface area contributed by atoms with Crippen LogP contribution >= 0.6 is 11.8 Å². The Morgan fingerprint density at radius 1 is 1.39 bits per heavy atom. The van der Waals surface area contributed by atoms with E-state index < -0.39 is 47.1 Å². The maximum absolute atomic E-state index is 11.0. The Bertz CT molecular complexity index is 313. The van der Waals surface area contributed by atoms with Crippen LogP contribution in [-0.4, -0.2) is 72.6 Å². The molecule has 1 rings (SSSR count). The summed E-state index contributed by atoms with van der Waals surface area (Å²) in [6.45, 7) is 2.75. The van der Waals surface area contributed by atoms with Crippen LogP contribution < -0.4 is 5.32 Å². The van der Waals surface area contributed by atoms with Crippen LogP contribution in [0.25, 0.3) is 0 Å². The van der Waals surface area contributed by atoms with Crippen LogP contribution in [0.3, 0.4) is 0 Å². The van der Waals surface area contributed by atoms with E-state index >= 15 is 0 Å². The number of nitrogens with one attached hydrogen (secondary N) is 1. The minimum absolute atomic E-state index is 0.651. The Morgan fingerprint density at radius 3 is 2.33 bits per heavy atom. The zero-order valence-electron chi connectivity index (χ0n) is 10.1. The van der Waals surface area contributed by atoms with Gasteiger partial charge in [0, 0.05) is 4.75 Å². The summed E-state index contributed by atoms with van der Waals surface area (Å²) in [6, 6.07) is -0.861. The summed E-state index contributed by atoms with van der Waals surface area (Å²) in [6.07, 6.45) is -4.38. The van der Waals surface area contributed by atoms with Gasteiger partial charge in [0.05, 0.1) is 12.0 Å². The van der Waals surface area contributed by atoms with E-state index in [9.17, 15) is 20.1 Å². The lowest BCUT2D eigenvalue weighted by Crippen LogP contribution is -2.51. The second kappa shape index (κ2) is 5.72. The first-order valence-corrected chi connectivity index (χ1v) is 6.40. The summed E-state index contributed by atoms with van der Waals surface area (Å²) < 4.78 is -0.651. The third kappa shape index (κ3) is 3.14. The van der Waals surface area contributed by atoms with E-state index in [1.807, 2.05) is 0 Å². The number of aliphatic hydroxyl groups excluding tert-OH is 4. The summed E-state index contributed by atoms with van der Waals surface area (Å²) in [7, 11) is 0. The third-order valence-corrected chi connectivity index (χ3v) is 4.46. The smallest absolute Gasteiger partial charge is 0.322 e. The molecule has 5 atom stereocenters. The van der Waals surface area contributed by atoms with Crippen LogP contribution in [0.5, 0.6) is 0 Å². The van der Waals surface area contributed by atoms with Crippen molar-refractivity contribution in [3.05, 3.63) is 0 Å². The molecule has 1 saturated heterocycles. The van der Waals surface area contributed by atoms with E-state index in [1.54, 1.807) is 13.8 Å². The Labute approximate surface area is 109 Å². The lowest BCUT2D eigenvalue weighted by Gasteiger charge is -2.26. The number of aliphatic hydroxyl groups is 4. The van der Waals surface area contributed by atoms with Crippen molar-refractivity contribution in [3.63, 3.8) is 0 Å². The molecule has 18 heavy (non-hydrogen) atoms. The largest absolute Gasteiger partial charge is 0.480 e. The molecule has 7 nitrogen and oxygen atoms in total. The van der Waals surface area contributed by atoms with Gasteiger partial charge in [0.2, 0.25) is 0 Å². The minimum Gasteiger partial charge on any atom is -0.480 e. The predicted octanol–water partition coefficient (Wildman–Crippen LogP) is -2.04. The first kappa shape index (κ1) is 15.7. The zero-order chi connectivity index (χ0) is 14.1. The summed E-state index contributed by atoms with van der Waals surface area (Å²) in [5, 5.41) is 48.4. The molecule has 106 valence electrons. The van der Waals surface area contributed by atoms with Crippen molar-refractivity contribution >= 4 is 17.7 Å². The van der Waals surface area contributed by atoms with Gasteiger partial charge in [-0.2, -0.15) is 0 Å². The van der Waals surface area contributed by atoms with Gasteiger partial charge in [0.1, 0.15) is 24.4 Å². The highest BCUT2D eigenvalue weighted by atomic mass is 32.2. The van der Waals surface area contributed by atoms with Crippen molar-refractivity contribution in [1.29, 1.82) is 0 Å². The van der Waals surface area contributed by atoms with E-state index in [-0.39, 0.29) is 0 Å². The molecule has 8 heteroatoms. The van der Waals surface area contributed by atoms with Gasteiger partial charge in [-0.15, -0.1) is 11.8 Å². The molecular formula is C10H19NO6S. The Hall–Kier alpha value is -0.380. The molecule has 1 heterocycles. The summed E-state index contributed by atoms with van der Waals surface area (Å²) >= 11 is 1.17. The van der Waals surface area contributed by atoms with Gasteiger partial charge < -0.3 is 25.5 Å². The molecule has 1 aliphatic heterocycles. The second-order valence-electron chi connectivity index (χ2n) is 4.81. The average molecular weight is 281 g/mol. The standard InChI is InChI=1S/C10H19NO6S/c1-10(2)7(9(16)17)11-8(18-10)6(15)5(14)4(13)3-12/h4-8,11-15H,3H2,1-2H3,(H,16,17)/t4-,5-,6+,7-,8?/m0/s1. The van der Waals surface area contributed by atoms with Crippen LogP contribution in [0.1, 0.15) is 13.8 Å². The maximum atomic E-state index is 11.0. The molecule has 0 aromatic carbocycles. The average Bonchev–Trinajstić information content (AvgIpc) is 2.62. The van der Waals surface area contributed by atoms with E-state index in [0.29, 0.717) is 0 Å². The van der Waals surface area contributed by atoms with E-state index in [4.69, 9.17) is 10.2 Å². The van der Waals surface area contributed by atoms with Crippen molar-refractivity contribution < 1.29 is 30.3 Å². The van der Waals surface area contributed by atoms with Gasteiger partial charge in [-0.25, -0.2) is 0 Å². The SMILES string of the molecule is CC1(C)SC([C@H](O)[C@@H](O)[C@@H](O)CO)N[C@H]1C(=O)O. The monoisotopic (exact) mass is 281 g/mol. The Kier molecular flexibility index (Phi) is 4.98. The van der Waals surface area contributed by atoms with Crippen molar-refractivity contribution in [2.75, 3.05) is 6.61 Å². The second-order valence-corrected chi connectivity index (χ2v) is 6.61. The minimum atomic E-state index is -1.54. The van der Waals surface area contributed by atoms with Crippen molar-refractivity contribution in [2.24, 2.45) is 0 Å². The van der Waals surface area contributed by atoms with Gasteiger partial charge in [0.15, 0.2) is 0 Å². The van der Waals surface area contributed by atoms with Crippen molar-refractivity contribution in [1.82, 2.24) is 5.32 Å². The lowest BCUT2D eigenvalue weighted by molar-refractivity contribution is -0.140. The van der Waals surface area contributed by atoms with Crippen LogP contribution in [0.4, 0.5) is 0 Å². The highest BCUT2D eigenvalue weighted by molar-refractivity contribution is 8.01. The predicted molar refractivity (Wildman–Crippen MR) is 65.1 cm³/mol. The zero-order valence-corrected chi connectivity index (χ0v) is 11.0. The van der Waals surface area contributed by atoms with Gasteiger partial charge in [-0.3, -0.25) is 10.1 Å². The number of carboxylic acid groups (broad SMARTS) is 1. The highest BCUT2D eigenvalue weighted by Gasteiger charge is 2.48. The van der Waals surface area contributed by atoms with Crippen LogP contribution in [0.2, 0.25) is 0 Å². The summed E-state index contributed by atoms with van der Waals surface area (Å²) in [5.74, 6) is -1.04. The number of hydrogen-bond acceptors (Lipinski definition) is 7. The fourth-order valence-corrected chi connectivity index (χ4v) is 3.31. The van der Waals surface area contributed by atoms with Crippen LogP contribution in [0.15, 0.2) is 0 Å². The number of carbonyl (C=O) groups is 1. The van der Waals surface area contributed by atoms with E-state index in [1.165, 1.54) is 11.8 Å². The van der Waals surface area contributed by atoms with E-state index in [2.05, 4.69) is 5.32 Å². The molecule has 6 N–H and O–H groups in total. The number of carboxylic acids is 1. The number of hydrogen-bond donors (Lipinski definition) is 6. The molecule has 0 spiro atoms. The molecule has 0 aromatic heterocycles. The fraction of sp³-hybridized carbons (Fsp3) is 0.900. The molecule has 1 unspecified atom stereocenters. The van der Waals surface area contributed by atoms with Gasteiger partial charge in [-0.05, 0) is 13.8 Å². The van der Waals surface area contributed by atoms with Crippen LogP contribution in [-0.2, 0) is 4.79 Å².